The van der Waals surface area contributed by atoms with Gasteiger partial charge in [0.2, 0.25) is 5.91 Å². The summed E-state index contributed by atoms with van der Waals surface area (Å²) < 4.78 is 32.2. The Kier molecular flexibility index (Phi) is 13.7. The molecule has 2 saturated heterocycles. The van der Waals surface area contributed by atoms with E-state index < -0.39 is 47.6 Å². The molecule has 0 spiro atoms. The molecule has 4 aromatic carbocycles. The third-order valence-corrected chi connectivity index (χ3v) is 26.7. The van der Waals surface area contributed by atoms with E-state index in [0.717, 1.165) is 21.5 Å². The molecule has 8 nitrogen and oxygen atoms in total. The molecule has 0 radical (unpaired) electrons. The maximum absolute atomic E-state index is 15.7. The lowest BCUT2D eigenvalue weighted by atomic mass is 9.75. The van der Waals surface area contributed by atoms with Crippen molar-refractivity contribution in [3.63, 3.8) is 0 Å². The molecule has 0 N–H and O–H groups in total. The van der Waals surface area contributed by atoms with Crippen LogP contribution in [-0.4, -0.2) is 77.4 Å². The second-order valence-electron chi connectivity index (χ2n) is 19.3. The fraction of sp³-hybridized carbons (Fsp3) is 0.449. The first-order valence-corrected chi connectivity index (χ1v) is 28.8. The van der Waals surface area contributed by atoms with Gasteiger partial charge in [-0.05, 0) is 76.8 Å². The number of benzene rings is 4. The second-order valence-corrected chi connectivity index (χ2v) is 32.2. The average molecular weight is 868 g/mol. The van der Waals surface area contributed by atoms with Crippen LogP contribution in [0.2, 0.25) is 36.3 Å². The van der Waals surface area contributed by atoms with E-state index in [0.29, 0.717) is 24.4 Å². The lowest BCUT2D eigenvalue weighted by molar-refractivity contribution is -0.162. The van der Waals surface area contributed by atoms with Crippen molar-refractivity contribution in [1.82, 2.24) is 4.90 Å². The Labute approximate surface area is 361 Å². The minimum atomic E-state index is -3.18. The third-order valence-electron chi connectivity index (χ3n) is 13.4. The number of rotatable bonds is 16. The van der Waals surface area contributed by atoms with Crippen molar-refractivity contribution in [3.05, 3.63) is 121 Å². The molecule has 0 bridgehead atoms. The van der Waals surface area contributed by atoms with Crippen molar-refractivity contribution >= 4 is 56.7 Å². The Morgan fingerprint density at radius 1 is 0.767 bits per heavy atom. The van der Waals surface area contributed by atoms with Crippen LogP contribution in [0.4, 0.5) is 0 Å². The van der Waals surface area contributed by atoms with Crippen molar-refractivity contribution in [3.8, 4) is 5.75 Å². The van der Waals surface area contributed by atoms with Crippen molar-refractivity contribution in [2.24, 2.45) is 11.8 Å². The van der Waals surface area contributed by atoms with Gasteiger partial charge in [-0.3, -0.25) is 4.79 Å². The predicted octanol–water partition coefficient (Wildman–Crippen LogP) is 9.14. The molecule has 2 aliphatic heterocycles. The highest BCUT2D eigenvalue weighted by molar-refractivity contribution is 7.96. The minimum absolute atomic E-state index is 0.00928. The van der Waals surface area contributed by atoms with Gasteiger partial charge in [0.25, 0.3) is 0 Å². The normalized spacial score (nSPS) is 19.6. The minimum Gasteiger partial charge on any atom is -0.497 e. The van der Waals surface area contributed by atoms with E-state index in [4.69, 9.17) is 23.1 Å². The fourth-order valence-corrected chi connectivity index (χ4v) is 14.6. The summed E-state index contributed by atoms with van der Waals surface area (Å²) in [6, 6.07) is 37.6. The molecule has 0 aromatic heterocycles. The fourth-order valence-electron chi connectivity index (χ4n) is 7.78. The van der Waals surface area contributed by atoms with Crippen LogP contribution >= 0.6 is 6.89 Å². The summed E-state index contributed by atoms with van der Waals surface area (Å²) >= 11 is 0. The van der Waals surface area contributed by atoms with E-state index in [1.54, 1.807) is 7.11 Å². The summed E-state index contributed by atoms with van der Waals surface area (Å²) in [6.07, 6.45) is -0.573. The largest absolute Gasteiger partial charge is 0.497 e. The lowest BCUT2D eigenvalue weighted by Gasteiger charge is -2.55. The van der Waals surface area contributed by atoms with Gasteiger partial charge in [-0.25, -0.2) is 4.79 Å². The van der Waals surface area contributed by atoms with Crippen LogP contribution in [0.15, 0.2) is 115 Å². The number of carbonyl (C=O) groups is 2. The average Bonchev–Trinajstić information content (AvgIpc) is 4.05. The van der Waals surface area contributed by atoms with Crippen LogP contribution in [0.1, 0.15) is 54.0 Å². The summed E-state index contributed by atoms with van der Waals surface area (Å²) in [5.74, 6) is -0.758. The van der Waals surface area contributed by atoms with Crippen LogP contribution in [0.25, 0.3) is 0 Å². The predicted molar refractivity (Wildman–Crippen MR) is 251 cm³/mol. The van der Waals surface area contributed by atoms with Crippen LogP contribution in [0.5, 0.6) is 5.75 Å². The zero-order valence-corrected chi connectivity index (χ0v) is 40.6. The van der Waals surface area contributed by atoms with Gasteiger partial charge in [-0.15, -0.1) is 0 Å². The highest BCUT2D eigenvalue weighted by Crippen LogP contribution is 2.52. The maximum atomic E-state index is 15.7. The number of ether oxygens (including phenoxy) is 3. The van der Waals surface area contributed by atoms with Crippen LogP contribution in [0.3, 0.4) is 0 Å². The van der Waals surface area contributed by atoms with Crippen LogP contribution < -0.4 is 20.7 Å². The van der Waals surface area contributed by atoms with Gasteiger partial charge in [-0.2, -0.15) is 0 Å². The standard InChI is InChI=1S/C49H66NO7PSi2/c1-35(57-60(11,12)49(5,6)7)43-44(41(42-34-54-42)33-56-59(9,10)48(2,3)4)50(45(43)51)46(47(52)55-32-36-28-30-37(53-8)31-29-36)58(38-22-16-13-17-23-38,39-24-18-14-19-25-39)40-26-20-15-21-27-40/h13-31,35,41-44H,32-34H2,1-12H3/t35-,41+,42+,43-,44-/m1/s1. The number of nitrogens with zero attached hydrogens (tertiary/aromatic N) is 1. The van der Waals surface area contributed by atoms with Gasteiger partial charge in [0.05, 0.1) is 37.9 Å². The number of hydrogen-bond donors (Lipinski definition) is 0. The number of epoxide rings is 1. The summed E-state index contributed by atoms with van der Waals surface area (Å²) in [6.45, 7) is 22.2. The number of hydrogen-bond acceptors (Lipinski definition) is 7. The van der Waals surface area contributed by atoms with Crippen molar-refractivity contribution in [2.75, 3.05) is 20.3 Å². The van der Waals surface area contributed by atoms with E-state index in [9.17, 15) is 0 Å². The zero-order chi connectivity index (χ0) is 43.7. The molecule has 6 rings (SSSR count). The summed E-state index contributed by atoms with van der Waals surface area (Å²) in [5.41, 5.74) is 1.16. The van der Waals surface area contributed by atoms with Crippen LogP contribution in [0, 0.1) is 11.8 Å². The molecule has 4 aromatic rings. The Morgan fingerprint density at radius 3 is 1.65 bits per heavy atom. The molecule has 11 heteroatoms. The number of likely N-dealkylation sites (tertiary alicyclic amines) is 1. The number of carbonyl (C=O) groups excluding carboxylic acids is 2. The number of methoxy groups -OCH3 is 1. The Balaban J connectivity index is 1.65. The summed E-state index contributed by atoms with van der Waals surface area (Å²) in [4.78, 5) is 33.2. The van der Waals surface area contributed by atoms with Crippen molar-refractivity contribution in [1.29, 1.82) is 0 Å². The van der Waals surface area contributed by atoms with Gasteiger partial charge in [0, 0.05) is 19.4 Å². The molecule has 0 saturated carbocycles. The molecular weight excluding hydrogens is 802 g/mol. The van der Waals surface area contributed by atoms with Crippen molar-refractivity contribution < 1.29 is 32.7 Å². The first kappa shape index (κ1) is 45.8. The summed E-state index contributed by atoms with van der Waals surface area (Å²) in [5, 5.41) is 2.71. The van der Waals surface area contributed by atoms with Gasteiger partial charge in [-0.1, -0.05) is 145 Å². The molecule has 322 valence electrons. The van der Waals surface area contributed by atoms with E-state index >= 15 is 9.59 Å². The molecule has 0 unspecified atom stereocenters. The molecule has 2 heterocycles. The first-order valence-electron chi connectivity index (χ1n) is 21.2. The third kappa shape index (κ3) is 9.20. The van der Waals surface area contributed by atoms with E-state index in [2.05, 4.69) is 104 Å². The lowest BCUT2D eigenvalue weighted by Crippen LogP contribution is -2.72. The van der Waals surface area contributed by atoms with E-state index in [1.165, 1.54) is 0 Å². The molecule has 2 aliphatic rings. The molecule has 0 aliphatic carbocycles. The molecule has 1 amide bonds. The van der Waals surface area contributed by atoms with Crippen LogP contribution in [-0.2, 0) is 34.5 Å². The number of amides is 1. The topological polar surface area (TPSA) is 86.8 Å². The second kappa shape index (κ2) is 17.9. The first-order chi connectivity index (χ1) is 28.2. The quantitative estimate of drug-likeness (QED) is 0.0365. The number of β-lactam (4-membered cyclic amide) rings is 1. The van der Waals surface area contributed by atoms with Gasteiger partial charge in [0.1, 0.15) is 17.8 Å². The zero-order valence-electron chi connectivity index (χ0n) is 37.7. The molecular formula is C49H66NO7PSi2. The Bertz CT molecular complexity index is 2040. The molecule has 5 atom stereocenters. The Hall–Kier alpha value is -3.77. The van der Waals surface area contributed by atoms with Gasteiger partial charge >= 0.3 is 5.97 Å². The maximum Gasteiger partial charge on any atom is 0.356 e. The highest BCUT2D eigenvalue weighted by Gasteiger charge is 2.62. The number of esters is 1. The monoisotopic (exact) mass is 867 g/mol. The summed E-state index contributed by atoms with van der Waals surface area (Å²) in [7, 11) is -2.97. The van der Waals surface area contributed by atoms with Crippen molar-refractivity contribution in [2.45, 2.75) is 110 Å². The van der Waals surface area contributed by atoms with Gasteiger partial charge < -0.3 is 28.0 Å². The van der Waals surface area contributed by atoms with Gasteiger partial charge in [0.15, 0.2) is 16.6 Å². The molecule has 60 heavy (non-hydrogen) atoms. The SMILES string of the molecule is COc1ccc(COC(=O)C(N2C(=O)[C@H]([C@@H](C)O[Si](C)(C)C(C)(C)C)[C@H]2[C@@H](CO[Si](C)(C)C(C)(C)C)[C@@H]2CO2)=P(c2ccccc2)(c2ccccc2)c2ccccc2)cc1. The van der Waals surface area contributed by atoms with E-state index in [1.807, 2.05) is 90.7 Å². The highest BCUT2D eigenvalue weighted by atomic mass is 31.2. The Morgan fingerprint density at radius 2 is 1.23 bits per heavy atom. The van der Waals surface area contributed by atoms with E-state index in [-0.39, 0.29) is 34.6 Å². The smallest absolute Gasteiger partial charge is 0.356 e. The molecule has 2 fully saturated rings.